The van der Waals surface area contributed by atoms with Crippen molar-refractivity contribution >= 4 is 10.2 Å². The van der Waals surface area contributed by atoms with Crippen LogP contribution in [-0.2, 0) is 15.6 Å². The van der Waals surface area contributed by atoms with Crippen LogP contribution < -0.4 is 0 Å². The Bertz CT molecular complexity index is 440. The molecule has 1 heterocycles. The Morgan fingerprint density at radius 1 is 1.33 bits per heavy atom. The molecule has 0 atom stereocenters. The van der Waals surface area contributed by atoms with Crippen LogP contribution in [-0.4, -0.2) is 35.8 Å². The van der Waals surface area contributed by atoms with Crippen molar-refractivity contribution < 1.29 is 8.42 Å². The summed E-state index contributed by atoms with van der Waals surface area (Å²) >= 11 is 0. The third-order valence-corrected chi connectivity index (χ3v) is 3.70. The van der Waals surface area contributed by atoms with E-state index < -0.39 is 10.2 Å². The highest BCUT2D eigenvalue weighted by Gasteiger charge is 2.26. The average molecular weight is 231 g/mol. The summed E-state index contributed by atoms with van der Waals surface area (Å²) in [6.07, 6.45) is 2.97. The van der Waals surface area contributed by atoms with E-state index in [1.807, 2.05) is 20.8 Å². The largest absolute Gasteiger partial charge is 0.308 e. The maximum atomic E-state index is 11.9. The Morgan fingerprint density at radius 3 is 2.27 bits per heavy atom. The van der Waals surface area contributed by atoms with Crippen LogP contribution in [0.25, 0.3) is 0 Å². The van der Waals surface area contributed by atoms with E-state index in [0.717, 1.165) is 0 Å². The molecule has 86 valence electrons. The minimum atomic E-state index is -3.46. The van der Waals surface area contributed by atoms with Crippen molar-refractivity contribution in [1.29, 1.82) is 0 Å². The normalized spacial score (nSPS) is 13.5. The molecule has 0 N–H and O–H groups in total. The standard InChI is InChI=1S/C9H17N3O2S/c1-9(2,3)8-10-6-7-12(8)15(13,14)11(4)5/h6-7H,1-5H3. The molecule has 0 saturated heterocycles. The van der Waals surface area contributed by atoms with Gasteiger partial charge in [-0.1, -0.05) is 20.8 Å². The zero-order valence-electron chi connectivity index (χ0n) is 9.72. The molecule has 0 amide bonds. The maximum Gasteiger partial charge on any atom is 0.308 e. The first-order valence-corrected chi connectivity index (χ1v) is 6.04. The van der Waals surface area contributed by atoms with Gasteiger partial charge in [-0.15, -0.1) is 0 Å². The van der Waals surface area contributed by atoms with Gasteiger partial charge in [0.1, 0.15) is 5.82 Å². The van der Waals surface area contributed by atoms with E-state index in [9.17, 15) is 8.42 Å². The SMILES string of the molecule is CN(C)S(=O)(=O)n1ccnc1C(C)(C)C. The maximum absolute atomic E-state index is 11.9. The van der Waals surface area contributed by atoms with Gasteiger partial charge < -0.3 is 0 Å². The topological polar surface area (TPSA) is 55.2 Å². The average Bonchev–Trinajstić information content (AvgIpc) is 2.49. The van der Waals surface area contributed by atoms with Gasteiger partial charge in [0.05, 0.1) is 0 Å². The molecule has 0 aliphatic heterocycles. The van der Waals surface area contributed by atoms with Crippen LogP contribution in [0.4, 0.5) is 0 Å². The van der Waals surface area contributed by atoms with Crippen LogP contribution in [0.1, 0.15) is 26.6 Å². The molecule has 0 saturated carbocycles. The number of hydrogen-bond donors (Lipinski definition) is 0. The smallest absolute Gasteiger partial charge is 0.240 e. The Labute approximate surface area is 90.9 Å². The Hall–Kier alpha value is -0.880. The fourth-order valence-electron chi connectivity index (χ4n) is 1.18. The van der Waals surface area contributed by atoms with Gasteiger partial charge >= 0.3 is 10.2 Å². The second kappa shape index (κ2) is 3.61. The number of imidazole rings is 1. The predicted octanol–water partition coefficient (Wildman–Crippen LogP) is 0.835. The van der Waals surface area contributed by atoms with Crippen molar-refractivity contribution in [1.82, 2.24) is 13.3 Å². The lowest BCUT2D eigenvalue weighted by molar-refractivity contribution is 0.489. The molecule has 0 aromatic carbocycles. The molecule has 0 bridgehead atoms. The highest BCUT2D eigenvalue weighted by Crippen LogP contribution is 2.21. The third kappa shape index (κ3) is 2.21. The van der Waals surface area contributed by atoms with E-state index in [2.05, 4.69) is 4.98 Å². The second-order valence-electron chi connectivity index (χ2n) is 4.59. The minimum Gasteiger partial charge on any atom is -0.240 e. The van der Waals surface area contributed by atoms with E-state index in [0.29, 0.717) is 5.82 Å². The number of rotatable bonds is 2. The van der Waals surface area contributed by atoms with E-state index in [1.165, 1.54) is 34.8 Å². The quantitative estimate of drug-likeness (QED) is 0.757. The summed E-state index contributed by atoms with van der Waals surface area (Å²) in [6.45, 7) is 5.78. The van der Waals surface area contributed by atoms with Crippen molar-refractivity contribution in [2.75, 3.05) is 14.1 Å². The molecule has 6 heteroatoms. The highest BCUT2D eigenvalue weighted by atomic mass is 32.2. The molecule has 1 rings (SSSR count). The van der Waals surface area contributed by atoms with Crippen molar-refractivity contribution in [3.05, 3.63) is 18.2 Å². The second-order valence-corrected chi connectivity index (χ2v) is 6.61. The van der Waals surface area contributed by atoms with Crippen LogP contribution >= 0.6 is 0 Å². The lowest BCUT2D eigenvalue weighted by Gasteiger charge is -2.21. The van der Waals surface area contributed by atoms with E-state index in [-0.39, 0.29) is 5.41 Å². The molecule has 5 nitrogen and oxygen atoms in total. The molecule has 1 aromatic heterocycles. The first-order chi connectivity index (χ1) is 6.67. The summed E-state index contributed by atoms with van der Waals surface area (Å²) in [4.78, 5) is 4.09. The fourth-order valence-corrected chi connectivity index (χ4v) is 2.28. The van der Waals surface area contributed by atoms with Crippen molar-refractivity contribution in [2.24, 2.45) is 0 Å². The van der Waals surface area contributed by atoms with Crippen LogP contribution in [0.3, 0.4) is 0 Å². The highest BCUT2D eigenvalue weighted by molar-refractivity contribution is 7.87. The van der Waals surface area contributed by atoms with Gasteiger partial charge in [0.15, 0.2) is 0 Å². The molecule has 0 aliphatic rings. The lowest BCUT2D eigenvalue weighted by Crippen LogP contribution is -2.32. The van der Waals surface area contributed by atoms with E-state index >= 15 is 0 Å². The molecule has 15 heavy (non-hydrogen) atoms. The predicted molar refractivity (Wildman–Crippen MR) is 58.9 cm³/mol. The number of nitrogens with zero attached hydrogens (tertiary/aromatic N) is 3. The fraction of sp³-hybridized carbons (Fsp3) is 0.667. The summed E-state index contributed by atoms with van der Waals surface area (Å²) in [6, 6.07) is 0. The van der Waals surface area contributed by atoms with Crippen molar-refractivity contribution in [2.45, 2.75) is 26.2 Å². The Kier molecular flexibility index (Phi) is 2.93. The summed E-state index contributed by atoms with van der Waals surface area (Å²) < 4.78 is 26.2. The van der Waals surface area contributed by atoms with Gasteiger partial charge in [-0.25, -0.2) is 8.96 Å². The molecule has 0 aliphatic carbocycles. The monoisotopic (exact) mass is 231 g/mol. The Balaban J connectivity index is 3.36. The zero-order chi connectivity index (χ0) is 11.9. The summed E-state index contributed by atoms with van der Waals surface area (Å²) in [5, 5.41) is 0. The Morgan fingerprint density at radius 2 is 1.87 bits per heavy atom. The molecular weight excluding hydrogens is 214 g/mol. The number of hydrogen-bond acceptors (Lipinski definition) is 3. The van der Waals surface area contributed by atoms with Gasteiger partial charge in [-0.2, -0.15) is 12.7 Å². The van der Waals surface area contributed by atoms with Crippen LogP contribution in [0.5, 0.6) is 0 Å². The van der Waals surface area contributed by atoms with Gasteiger partial charge in [-0.3, -0.25) is 0 Å². The molecular formula is C9H17N3O2S. The molecule has 0 fully saturated rings. The molecule has 0 spiro atoms. The first-order valence-electron chi connectivity index (χ1n) is 4.64. The van der Waals surface area contributed by atoms with Crippen LogP contribution in [0.15, 0.2) is 12.4 Å². The van der Waals surface area contributed by atoms with Crippen LogP contribution in [0, 0.1) is 0 Å². The van der Waals surface area contributed by atoms with E-state index in [4.69, 9.17) is 0 Å². The molecule has 0 unspecified atom stereocenters. The lowest BCUT2D eigenvalue weighted by atomic mass is 9.96. The van der Waals surface area contributed by atoms with Gasteiger partial charge in [0.25, 0.3) is 0 Å². The van der Waals surface area contributed by atoms with Crippen molar-refractivity contribution in [3.63, 3.8) is 0 Å². The van der Waals surface area contributed by atoms with Gasteiger partial charge in [-0.05, 0) is 0 Å². The summed E-state index contributed by atoms with van der Waals surface area (Å²) in [5.74, 6) is 0.538. The van der Waals surface area contributed by atoms with E-state index in [1.54, 1.807) is 0 Å². The van der Waals surface area contributed by atoms with Crippen LogP contribution in [0.2, 0.25) is 0 Å². The first kappa shape index (κ1) is 12.2. The molecule has 1 aromatic rings. The van der Waals surface area contributed by atoms with Gasteiger partial charge in [0, 0.05) is 31.9 Å². The van der Waals surface area contributed by atoms with Gasteiger partial charge in [0.2, 0.25) is 0 Å². The third-order valence-electron chi connectivity index (χ3n) is 1.99. The summed E-state index contributed by atoms with van der Waals surface area (Å²) in [7, 11) is -0.456. The molecule has 0 radical (unpaired) electrons. The zero-order valence-corrected chi connectivity index (χ0v) is 10.5. The number of aromatic nitrogens is 2. The minimum absolute atomic E-state index is 0.299. The van der Waals surface area contributed by atoms with Crippen molar-refractivity contribution in [3.8, 4) is 0 Å². The summed E-state index contributed by atoms with van der Waals surface area (Å²) in [5.41, 5.74) is -0.299.